The van der Waals surface area contributed by atoms with Crippen LogP contribution in [0.25, 0.3) is 10.9 Å². The Hall–Kier alpha value is -1.84. The Morgan fingerprint density at radius 3 is 2.60 bits per heavy atom. The van der Waals surface area contributed by atoms with Crippen molar-refractivity contribution < 1.29 is 4.79 Å². The molecule has 0 unspecified atom stereocenters. The van der Waals surface area contributed by atoms with Crippen molar-refractivity contribution in [1.29, 1.82) is 0 Å². The number of halogens is 2. The van der Waals surface area contributed by atoms with E-state index in [4.69, 9.17) is 23.2 Å². The van der Waals surface area contributed by atoms with E-state index < -0.39 is 0 Å². The SMILES string of the molecule is Cn1nc(C(=O)c2ccc(Cl)c(Cl)c2)c2ccccc21. The van der Waals surface area contributed by atoms with Crippen LogP contribution < -0.4 is 0 Å². The average Bonchev–Trinajstić information content (AvgIpc) is 2.79. The second kappa shape index (κ2) is 4.93. The number of aryl methyl sites for hydroxylation is 1. The van der Waals surface area contributed by atoms with Gasteiger partial charge in [-0.15, -0.1) is 0 Å². The van der Waals surface area contributed by atoms with Crippen molar-refractivity contribution in [3.05, 3.63) is 63.8 Å². The van der Waals surface area contributed by atoms with Crippen molar-refractivity contribution in [2.45, 2.75) is 0 Å². The van der Waals surface area contributed by atoms with Gasteiger partial charge in [0.05, 0.1) is 15.6 Å². The predicted octanol–water partition coefficient (Wildman–Crippen LogP) is 4.11. The highest BCUT2D eigenvalue weighted by molar-refractivity contribution is 6.42. The van der Waals surface area contributed by atoms with Gasteiger partial charge in [0, 0.05) is 18.0 Å². The van der Waals surface area contributed by atoms with E-state index in [1.807, 2.05) is 31.3 Å². The molecule has 3 aromatic rings. The fraction of sp³-hybridized carbons (Fsp3) is 0.0667. The fourth-order valence-corrected chi connectivity index (χ4v) is 2.45. The van der Waals surface area contributed by atoms with Gasteiger partial charge in [-0.2, -0.15) is 5.10 Å². The van der Waals surface area contributed by atoms with Crippen molar-refractivity contribution in [2.24, 2.45) is 7.05 Å². The third-order valence-electron chi connectivity index (χ3n) is 3.15. The van der Waals surface area contributed by atoms with Gasteiger partial charge in [0.2, 0.25) is 5.78 Å². The summed E-state index contributed by atoms with van der Waals surface area (Å²) >= 11 is 11.8. The van der Waals surface area contributed by atoms with Crippen molar-refractivity contribution in [1.82, 2.24) is 9.78 Å². The third kappa shape index (κ3) is 2.09. The number of carbonyl (C=O) groups is 1. The molecule has 0 saturated heterocycles. The van der Waals surface area contributed by atoms with E-state index >= 15 is 0 Å². The Labute approximate surface area is 125 Å². The van der Waals surface area contributed by atoms with E-state index in [9.17, 15) is 4.79 Å². The van der Waals surface area contributed by atoms with Crippen LogP contribution in [0.15, 0.2) is 42.5 Å². The van der Waals surface area contributed by atoms with Gasteiger partial charge >= 0.3 is 0 Å². The highest BCUT2D eigenvalue weighted by atomic mass is 35.5. The molecule has 1 heterocycles. The first kappa shape index (κ1) is 13.2. The lowest BCUT2D eigenvalue weighted by Gasteiger charge is -2.01. The van der Waals surface area contributed by atoms with Crippen molar-refractivity contribution >= 4 is 39.9 Å². The first-order chi connectivity index (χ1) is 9.58. The van der Waals surface area contributed by atoms with Crippen LogP contribution in [0.5, 0.6) is 0 Å². The third-order valence-corrected chi connectivity index (χ3v) is 3.89. The van der Waals surface area contributed by atoms with Crippen LogP contribution >= 0.6 is 23.2 Å². The maximum atomic E-state index is 12.6. The van der Waals surface area contributed by atoms with E-state index in [-0.39, 0.29) is 5.78 Å². The molecule has 0 N–H and O–H groups in total. The van der Waals surface area contributed by atoms with Gasteiger partial charge in [-0.3, -0.25) is 9.48 Å². The summed E-state index contributed by atoms with van der Waals surface area (Å²) in [6, 6.07) is 12.4. The zero-order chi connectivity index (χ0) is 14.3. The quantitative estimate of drug-likeness (QED) is 0.668. The topological polar surface area (TPSA) is 34.9 Å². The molecule has 0 atom stereocenters. The molecule has 3 rings (SSSR count). The van der Waals surface area contributed by atoms with Crippen LogP contribution in [0.1, 0.15) is 16.1 Å². The number of hydrogen-bond donors (Lipinski definition) is 0. The first-order valence-electron chi connectivity index (χ1n) is 5.99. The second-order valence-corrected chi connectivity index (χ2v) is 5.26. The van der Waals surface area contributed by atoms with E-state index in [2.05, 4.69) is 5.10 Å². The Morgan fingerprint density at radius 1 is 1.10 bits per heavy atom. The number of aromatic nitrogens is 2. The van der Waals surface area contributed by atoms with Crippen LogP contribution in [0.3, 0.4) is 0 Å². The van der Waals surface area contributed by atoms with Gasteiger partial charge in [-0.1, -0.05) is 41.4 Å². The molecule has 0 aliphatic heterocycles. The van der Waals surface area contributed by atoms with E-state index in [0.29, 0.717) is 21.3 Å². The molecule has 0 aliphatic rings. The van der Waals surface area contributed by atoms with Crippen molar-refractivity contribution in [3.8, 4) is 0 Å². The number of ketones is 1. The second-order valence-electron chi connectivity index (χ2n) is 4.45. The van der Waals surface area contributed by atoms with Crippen LogP contribution in [0.4, 0.5) is 0 Å². The Bertz CT molecular complexity index is 824. The summed E-state index contributed by atoms with van der Waals surface area (Å²) in [5.41, 5.74) is 1.81. The minimum Gasteiger partial charge on any atom is -0.287 e. The average molecular weight is 305 g/mol. The first-order valence-corrected chi connectivity index (χ1v) is 6.75. The van der Waals surface area contributed by atoms with Crippen LogP contribution in [0.2, 0.25) is 10.0 Å². The molecule has 0 bridgehead atoms. The van der Waals surface area contributed by atoms with Gasteiger partial charge < -0.3 is 0 Å². The minimum absolute atomic E-state index is 0.166. The van der Waals surface area contributed by atoms with Crippen LogP contribution in [-0.4, -0.2) is 15.6 Å². The standard InChI is InChI=1S/C15H10Cl2N2O/c1-19-13-5-3-2-4-10(13)14(18-19)15(20)9-6-7-11(16)12(17)8-9/h2-8H,1H3. The van der Waals surface area contributed by atoms with Crippen LogP contribution in [0, 0.1) is 0 Å². The summed E-state index contributed by atoms with van der Waals surface area (Å²) in [4.78, 5) is 12.6. The van der Waals surface area contributed by atoms with Crippen LogP contribution in [-0.2, 0) is 7.05 Å². The maximum Gasteiger partial charge on any atom is 0.213 e. The van der Waals surface area contributed by atoms with Gasteiger partial charge in [0.15, 0.2) is 0 Å². The summed E-state index contributed by atoms with van der Waals surface area (Å²) < 4.78 is 1.69. The smallest absolute Gasteiger partial charge is 0.213 e. The van der Waals surface area contributed by atoms with Gasteiger partial charge in [-0.25, -0.2) is 0 Å². The molecule has 0 amide bonds. The number of benzene rings is 2. The van der Waals surface area contributed by atoms with Gasteiger partial charge in [-0.05, 0) is 24.3 Å². The normalized spacial score (nSPS) is 10.9. The Morgan fingerprint density at radius 2 is 1.85 bits per heavy atom. The lowest BCUT2D eigenvalue weighted by atomic mass is 10.1. The van der Waals surface area contributed by atoms with Gasteiger partial charge in [0.1, 0.15) is 5.69 Å². The number of hydrogen-bond acceptors (Lipinski definition) is 2. The Kier molecular flexibility index (Phi) is 3.24. The zero-order valence-electron chi connectivity index (χ0n) is 10.6. The van der Waals surface area contributed by atoms with E-state index in [1.165, 1.54) is 0 Å². The number of nitrogens with zero attached hydrogens (tertiary/aromatic N) is 2. The molecule has 1 aromatic heterocycles. The summed E-state index contributed by atoms with van der Waals surface area (Å²) in [5, 5.41) is 5.92. The zero-order valence-corrected chi connectivity index (χ0v) is 12.1. The lowest BCUT2D eigenvalue weighted by molar-refractivity contribution is 0.103. The molecule has 0 fully saturated rings. The molecule has 2 aromatic carbocycles. The Balaban J connectivity index is 2.15. The molecule has 20 heavy (non-hydrogen) atoms. The number of rotatable bonds is 2. The summed E-state index contributed by atoms with van der Waals surface area (Å²) in [7, 11) is 1.81. The van der Waals surface area contributed by atoms with E-state index in [1.54, 1.807) is 22.9 Å². The van der Waals surface area contributed by atoms with Crippen molar-refractivity contribution in [3.63, 3.8) is 0 Å². The summed E-state index contributed by atoms with van der Waals surface area (Å²) in [5.74, 6) is -0.166. The highest BCUT2D eigenvalue weighted by Gasteiger charge is 2.18. The predicted molar refractivity (Wildman–Crippen MR) is 80.6 cm³/mol. The van der Waals surface area contributed by atoms with Gasteiger partial charge in [0.25, 0.3) is 0 Å². The lowest BCUT2D eigenvalue weighted by Crippen LogP contribution is -2.03. The number of fused-ring (bicyclic) bond motifs is 1. The summed E-state index contributed by atoms with van der Waals surface area (Å²) in [6.07, 6.45) is 0. The summed E-state index contributed by atoms with van der Waals surface area (Å²) in [6.45, 7) is 0. The molecule has 0 saturated carbocycles. The van der Waals surface area contributed by atoms with Crippen molar-refractivity contribution in [2.75, 3.05) is 0 Å². The molecular weight excluding hydrogens is 295 g/mol. The molecule has 100 valence electrons. The molecule has 0 radical (unpaired) electrons. The number of carbonyl (C=O) groups excluding carboxylic acids is 1. The fourth-order valence-electron chi connectivity index (χ4n) is 2.16. The van der Waals surface area contributed by atoms with E-state index in [0.717, 1.165) is 10.9 Å². The maximum absolute atomic E-state index is 12.6. The monoisotopic (exact) mass is 304 g/mol. The minimum atomic E-state index is -0.166. The molecule has 0 aliphatic carbocycles. The molecule has 3 nitrogen and oxygen atoms in total. The molecular formula is C15H10Cl2N2O. The highest BCUT2D eigenvalue weighted by Crippen LogP contribution is 2.25. The number of para-hydroxylation sites is 1. The molecule has 0 spiro atoms. The largest absolute Gasteiger partial charge is 0.287 e. The molecule has 5 heteroatoms.